The molecule has 10 atom stereocenters. The maximum absolute atomic E-state index is 11.6. The molecule has 0 aliphatic carbocycles. The maximum atomic E-state index is 11.6. The van der Waals surface area contributed by atoms with Crippen LogP contribution >= 0.6 is 11.6 Å². The summed E-state index contributed by atoms with van der Waals surface area (Å²) in [6.07, 6.45) is 1.15. The number of ether oxygens (including phenoxy) is 21. The Bertz CT molecular complexity index is 2710. The van der Waals surface area contributed by atoms with E-state index in [4.69, 9.17) is 49.8 Å². The Kier molecular flexibility index (Phi) is 37.4. The van der Waals surface area contributed by atoms with Gasteiger partial charge in [0.05, 0.1) is 19.2 Å². The van der Waals surface area contributed by atoms with Crippen molar-refractivity contribution in [2.45, 2.75) is 121 Å². The highest BCUT2D eigenvalue weighted by atomic mass is 35.5. The van der Waals surface area contributed by atoms with Crippen LogP contribution in [-0.4, -0.2) is 237 Å². The Hall–Kier alpha value is -10.4. The van der Waals surface area contributed by atoms with Crippen LogP contribution in [0.1, 0.15) is 54.4 Å². The van der Waals surface area contributed by atoms with E-state index in [-0.39, 0.29) is 84.5 Å². The average Bonchev–Trinajstić information content (AvgIpc) is 4.60. The van der Waals surface area contributed by atoms with Crippen molar-refractivity contribution in [1.29, 1.82) is 0 Å². The van der Waals surface area contributed by atoms with Gasteiger partial charge in [0.15, 0.2) is 17.8 Å². The van der Waals surface area contributed by atoms with Crippen molar-refractivity contribution in [2.24, 2.45) is 0 Å². The second kappa shape index (κ2) is 43.3. The lowest BCUT2D eigenvalue weighted by Crippen LogP contribution is -2.34. The zero-order chi connectivity index (χ0) is 69.3. The third-order valence-corrected chi connectivity index (χ3v) is 9.89. The Morgan fingerprint density at radius 1 is 0.489 bits per heavy atom. The van der Waals surface area contributed by atoms with Crippen molar-refractivity contribution in [2.75, 3.05) is 85.3 Å². The van der Waals surface area contributed by atoms with Crippen LogP contribution in [-0.2, 0) is 133 Å². The van der Waals surface area contributed by atoms with Gasteiger partial charge >= 0.3 is 84.9 Å². The minimum atomic E-state index is -1.04. The minimum Gasteiger partial charge on any atom is -0.463 e. The van der Waals surface area contributed by atoms with E-state index in [1.165, 1.54) is 6.92 Å². The van der Waals surface area contributed by atoms with E-state index in [1.54, 1.807) is 34.6 Å². The summed E-state index contributed by atoms with van der Waals surface area (Å²) in [6, 6.07) is 0. The summed E-state index contributed by atoms with van der Waals surface area (Å²) in [6.45, 7) is 7.24. The smallest absolute Gasteiger partial charge is 0.463 e. The van der Waals surface area contributed by atoms with E-state index in [1.807, 2.05) is 0 Å². The Balaban J connectivity index is 0.000000537. The van der Waals surface area contributed by atoms with Crippen LogP contribution in [0.5, 0.6) is 0 Å². The molecule has 7 saturated heterocycles. The fourth-order valence-corrected chi connectivity index (χ4v) is 5.57. The van der Waals surface area contributed by atoms with Gasteiger partial charge in [-0.3, -0.25) is 4.39 Å². The molecule has 0 aromatic heterocycles. The molecular weight excluding hydrogens is 1280 g/mol. The lowest BCUT2D eigenvalue weighted by Gasteiger charge is -2.19. The summed E-state index contributed by atoms with van der Waals surface area (Å²) in [4.78, 5) is 150. The number of hydrogen-bond donors (Lipinski definition) is 0. The average molecular weight is 1340 g/mol. The molecule has 7 aliphatic heterocycles. The van der Waals surface area contributed by atoms with Gasteiger partial charge in [0.2, 0.25) is 42.7 Å². The maximum Gasteiger partial charge on any atom is 0.509 e. The van der Waals surface area contributed by atoms with Gasteiger partial charge in [-0.1, -0.05) is 17.8 Å². The number of cyclic esters (lactones) is 14. The van der Waals surface area contributed by atoms with E-state index in [0.29, 0.717) is 6.42 Å². The Morgan fingerprint density at radius 2 is 0.804 bits per heavy atom. The molecule has 0 bridgehead atoms. The molecule has 0 amide bonds. The molecule has 508 valence electrons. The van der Waals surface area contributed by atoms with Gasteiger partial charge in [0.1, 0.15) is 72.2 Å². The molecule has 7 rings (SSSR count). The standard InChI is InChI=1S/3C9H10O5.C8H8O5.C7H9FO5.C6H7ClO5.C6H7FO5/c1-4-9(2,3)14-7(10)6-5-12-8(11)13-6;2*1-3-4-6(2)13-8(10)7-5-12-9(11)14-7;1-3-5(2)12-7(9)6-4-11-8(10)13-6;8-2-1-3-11-6(9)5-4-12-7(10)13-5;2*7-1-2-10-5(8)4-3-11-6(9)12-4/h1,6H,5H2,2-3H3;6-7H,5H2,1-2H3;1,6-7H,4-5H2,2H3;1,5-6H,4H2,2H3;5H,1-4H2;2*4H,1-3H2. The van der Waals surface area contributed by atoms with Crippen molar-refractivity contribution in [3.63, 3.8) is 0 Å². The fourth-order valence-electron chi connectivity index (χ4n) is 5.49. The highest BCUT2D eigenvalue weighted by Gasteiger charge is 2.39. The van der Waals surface area contributed by atoms with Gasteiger partial charge in [-0.05, 0) is 41.5 Å². The highest BCUT2D eigenvalue weighted by Crippen LogP contribution is 2.16. The summed E-state index contributed by atoms with van der Waals surface area (Å²) in [5.74, 6) is 7.57. The van der Waals surface area contributed by atoms with Crippen LogP contribution in [0.3, 0.4) is 0 Å². The molecule has 0 radical (unpaired) electrons. The summed E-state index contributed by atoms with van der Waals surface area (Å²) < 4.78 is 118. The largest absolute Gasteiger partial charge is 0.509 e. The van der Waals surface area contributed by atoms with Gasteiger partial charge in [-0.2, -0.15) is 0 Å². The van der Waals surface area contributed by atoms with Gasteiger partial charge in [0, 0.05) is 12.8 Å². The molecule has 0 spiro atoms. The SMILES string of the molecule is C#CC(C)(C)OC(=O)C1COC(=O)O1.C#CC(C)OC(=O)C1COC(=O)O1.C#CCC(C)OC(=O)C1COC(=O)O1.CC#CC(C)OC(=O)C1COC(=O)O1.O=C1OCC(C(=O)OCCCF)O1.O=C1OCC(C(=O)OCCCl)O1.O=C1OCC(C(=O)OCCF)O1. The molecule has 0 saturated carbocycles. The molecule has 0 aromatic carbocycles. The van der Waals surface area contributed by atoms with E-state index in [9.17, 15) is 75.9 Å². The van der Waals surface area contributed by atoms with Crippen LogP contribution in [0.15, 0.2) is 0 Å². The Labute approximate surface area is 525 Å². The van der Waals surface area contributed by atoms with Crippen LogP contribution in [0.25, 0.3) is 0 Å². The molecule has 7 fully saturated rings. The van der Waals surface area contributed by atoms with Gasteiger partial charge in [-0.25, -0.2) is 71.5 Å². The molecule has 7 aliphatic rings. The topological polar surface area (TPSA) is 433 Å². The highest BCUT2D eigenvalue weighted by molar-refractivity contribution is 6.18. The molecule has 35 nitrogen and oxygen atoms in total. The molecule has 7 heterocycles. The predicted octanol–water partition coefficient (Wildman–Crippen LogP) is 2.28. The second-order valence-electron chi connectivity index (χ2n) is 17.5. The summed E-state index contributed by atoms with van der Waals surface area (Å²) in [7, 11) is 0. The molecule has 0 aromatic rings. The number of esters is 7. The first-order valence-electron chi connectivity index (χ1n) is 26.2. The quantitative estimate of drug-likeness (QED) is 0.0588. The summed E-state index contributed by atoms with van der Waals surface area (Å²) in [5.41, 5.74) is -1.01. The van der Waals surface area contributed by atoms with Crippen LogP contribution in [0.2, 0.25) is 0 Å². The number of halogens is 3. The number of rotatable bonds is 19. The third-order valence-electron chi connectivity index (χ3n) is 9.74. The third kappa shape index (κ3) is 33.2. The molecule has 92 heavy (non-hydrogen) atoms. The van der Waals surface area contributed by atoms with Crippen molar-refractivity contribution < 1.29 is 175 Å². The fraction of sp³-hybridized carbons (Fsp3) is 0.593. The first kappa shape index (κ1) is 79.6. The number of alkyl halides is 3. The minimum absolute atomic E-state index is 0.0105. The molecule has 10 unspecified atom stereocenters. The lowest BCUT2D eigenvalue weighted by molar-refractivity contribution is -0.160. The number of terminal acetylenes is 3. The normalized spacial score (nSPS) is 21.4. The van der Waals surface area contributed by atoms with E-state index >= 15 is 0 Å². The second-order valence-corrected chi connectivity index (χ2v) is 17.9. The zero-order valence-electron chi connectivity index (χ0n) is 49.5. The zero-order valence-corrected chi connectivity index (χ0v) is 50.3. The summed E-state index contributed by atoms with van der Waals surface area (Å²) >= 11 is 5.26. The monoisotopic (exact) mass is 1340 g/mol. The van der Waals surface area contributed by atoms with Crippen molar-refractivity contribution in [3.05, 3.63) is 0 Å². The van der Waals surface area contributed by atoms with Crippen LogP contribution < -0.4 is 0 Å². The molecule has 0 N–H and O–H groups in total. The van der Waals surface area contributed by atoms with Crippen LogP contribution in [0.4, 0.5) is 42.3 Å². The first-order chi connectivity index (χ1) is 43.5. The van der Waals surface area contributed by atoms with E-state index in [2.05, 4.69) is 110 Å². The van der Waals surface area contributed by atoms with Crippen molar-refractivity contribution in [1.82, 2.24) is 0 Å². The van der Waals surface area contributed by atoms with Gasteiger partial charge in [-0.15, -0.1) is 42.7 Å². The number of carbonyl (C=O) groups excluding carboxylic acids is 14. The predicted molar refractivity (Wildman–Crippen MR) is 285 cm³/mol. The van der Waals surface area contributed by atoms with E-state index < -0.39 is 159 Å². The summed E-state index contributed by atoms with van der Waals surface area (Å²) in [5, 5.41) is 0. The van der Waals surface area contributed by atoms with Crippen molar-refractivity contribution >= 4 is 96.5 Å². The molecule has 38 heteroatoms. The van der Waals surface area contributed by atoms with Gasteiger partial charge < -0.3 is 99.5 Å². The van der Waals surface area contributed by atoms with Crippen molar-refractivity contribution in [3.8, 4) is 48.9 Å². The van der Waals surface area contributed by atoms with E-state index in [0.717, 1.165) is 0 Å². The van der Waals surface area contributed by atoms with Crippen LogP contribution in [0, 0.1) is 48.9 Å². The lowest BCUT2D eigenvalue weighted by atomic mass is 10.1. The van der Waals surface area contributed by atoms with Gasteiger partial charge in [0.25, 0.3) is 0 Å². The first-order valence-corrected chi connectivity index (χ1v) is 26.7. The number of carbonyl (C=O) groups is 14. The number of hydrogen-bond acceptors (Lipinski definition) is 35. The molecular formula is C54H61ClF2O35. The Morgan fingerprint density at radius 3 is 1.09 bits per heavy atom.